The maximum absolute atomic E-state index is 3.45. The van der Waals surface area contributed by atoms with Crippen molar-refractivity contribution in [3.63, 3.8) is 0 Å². The van der Waals surface area contributed by atoms with Crippen LogP contribution in [0.5, 0.6) is 0 Å². The van der Waals surface area contributed by atoms with E-state index in [1.807, 2.05) is 35.5 Å². The molecule has 0 N–H and O–H groups in total. The van der Waals surface area contributed by atoms with Gasteiger partial charge in [-0.15, -0.1) is 17.5 Å². The molecule has 26 heavy (non-hydrogen) atoms. The van der Waals surface area contributed by atoms with Gasteiger partial charge in [-0.05, 0) is 18.9 Å². The van der Waals surface area contributed by atoms with Gasteiger partial charge in [0, 0.05) is 0 Å². The number of aryl methyl sites for hydroxylation is 2. The van der Waals surface area contributed by atoms with Crippen molar-refractivity contribution in [3.8, 4) is 11.1 Å². The number of hydrogen-bond donors (Lipinski definition) is 0. The fraction of sp³-hybridized carbons (Fsp3) is 0.333. The summed E-state index contributed by atoms with van der Waals surface area (Å²) in [4.78, 5) is 0. The molecule has 2 aromatic rings. The Labute approximate surface area is 173 Å². The third kappa shape index (κ3) is 5.51. The van der Waals surface area contributed by atoms with E-state index >= 15 is 0 Å². The second kappa shape index (κ2) is 9.81. The van der Waals surface area contributed by atoms with Crippen molar-refractivity contribution in [1.82, 2.24) is 0 Å². The molecular formula is C24H26SiZr. The van der Waals surface area contributed by atoms with Crippen LogP contribution in [0.2, 0.25) is 12.1 Å². The summed E-state index contributed by atoms with van der Waals surface area (Å²) in [7, 11) is 0. The van der Waals surface area contributed by atoms with Crippen molar-refractivity contribution < 1.29 is 23.3 Å². The van der Waals surface area contributed by atoms with E-state index in [4.69, 9.17) is 0 Å². The van der Waals surface area contributed by atoms with E-state index in [1.165, 1.54) is 33.4 Å². The minimum absolute atomic E-state index is 0.333. The predicted octanol–water partition coefficient (Wildman–Crippen LogP) is 6.30. The second-order valence-electron chi connectivity index (χ2n) is 7.18. The van der Waals surface area contributed by atoms with Gasteiger partial charge in [0.25, 0.3) is 0 Å². The fourth-order valence-corrected chi connectivity index (χ4v) is 7.72. The predicted molar refractivity (Wildman–Crippen MR) is 109 cm³/mol. The van der Waals surface area contributed by atoms with E-state index in [0.29, 0.717) is 5.43 Å². The molecule has 0 nitrogen and oxygen atoms in total. The number of rotatable bonds is 0. The summed E-state index contributed by atoms with van der Waals surface area (Å²) in [5.74, 6) is 0. The monoisotopic (exact) mass is 432 g/mol. The molecule has 0 aromatic heterocycles. The number of hydrogen-bond acceptors (Lipinski definition) is 0. The maximum atomic E-state index is 3.45. The summed E-state index contributed by atoms with van der Waals surface area (Å²) in [5, 5.41) is 0. The Morgan fingerprint density at radius 1 is 1.00 bits per heavy atom. The first kappa shape index (κ1) is 19.8. The molecule has 0 bridgehead atoms. The fourth-order valence-electron chi connectivity index (χ4n) is 3.51. The van der Waals surface area contributed by atoms with Crippen molar-refractivity contribution in [3.05, 3.63) is 83.0 Å². The quantitative estimate of drug-likeness (QED) is 0.288. The Hall–Kier alpha value is -0.980. The molecular weight excluding hydrogens is 408 g/mol. The van der Waals surface area contributed by atoms with Gasteiger partial charge in [0.05, 0.1) is 0 Å². The average Bonchev–Trinajstić information content (AvgIpc) is 3.37. The van der Waals surface area contributed by atoms with Gasteiger partial charge < -0.3 is 0 Å². The van der Waals surface area contributed by atoms with Gasteiger partial charge in [-0.2, -0.15) is 29.8 Å². The summed E-state index contributed by atoms with van der Waals surface area (Å²) >= 11 is 1.87. The summed E-state index contributed by atoms with van der Waals surface area (Å²) in [6.45, 7) is 4.26. The van der Waals surface area contributed by atoms with E-state index < -0.39 is 0 Å². The molecule has 0 spiro atoms. The first-order valence-electron chi connectivity index (χ1n) is 9.53. The van der Waals surface area contributed by atoms with Crippen LogP contribution in [0.3, 0.4) is 0 Å². The molecule has 5 rings (SSSR count). The van der Waals surface area contributed by atoms with Gasteiger partial charge in [-0.3, -0.25) is 6.08 Å². The molecule has 3 aliphatic rings. The molecule has 0 unspecified atom stereocenters. The van der Waals surface area contributed by atoms with Gasteiger partial charge in [0.15, 0.2) is 0 Å². The normalized spacial score (nSPS) is 15.8. The van der Waals surface area contributed by atoms with Crippen molar-refractivity contribution in [2.45, 2.75) is 51.6 Å². The van der Waals surface area contributed by atoms with E-state index in [2.05, 4.69) is 62.4 Å². The van der Waals surface area contributed by atoms with Crippen LogP contribution in [0.15, 0.2) is 48.6 Å². The molecule has 130 valence electrons. The van der Waals surface area contributed by atoms with Crippen LogP contribution in [0.4, 0.5) is 0 Å². The molecule has 1 saturated heterocycles. The third-order valence-corrected chi connectivity index (χ3v) is 10.5. The molecule has 2 aromatic carbocycles. The summed E-state index contributed by atoms with van der Waals surface area (Å²) in [6, 6.07) is 17.8. The van der Waals surface area contributed by atoms with Crippen LogP contribution in [0, 0.1) is 26.0 Å². The van der Waals surface area contributed by atoms with E-state index in [1.54, 1.807) is 24.9 Å². The van der Waals surface area contributed by atoms with Crippen LogP contribution < -0.4 is 0 Å². The Bertz CT molecular complexity index is 778. The first-order chi connectivity index (χ1) is 12.6. The molecule has 0 saturated carbocycles. The van der Waals surface area contributed by atoms with Crippen molar-refractivity contribution in [1.29, 1.82) is 0 Å². The van der Waals surface area contributed by atoms with E-state index in [9.17, 15) is 0 Å². The molecule has 0 radical (unpaired) electrons. The summed E-state index contributed by atoms with van der Waals surface area (Å²) in [6.07, 6.45) is 14.2. The molecule has 2 aliphatic carbocycles. The average molecular weight is 434 g/mol. The Morgan fingerprint density at radius 3 is 2.35 bits per heavy atom. The topological polar surface area (TPSA) is 0 Å². The molecule has 2 heteroatoms. The summed E-state index contributed by atoms with van der Waals surface area (Å²) in [5.41, 5.74) is 8.49. The zero-order valence-electron chi connectivity index (χ0n) is 15.9. The van der Waals surface area contributed by atoms with Gasteiger partial charge in [0.1, 0.15) is 0 Å². The van der Waals surface area contributed by atoms with Crippen LogP contribution in [-0.4, -0.2) is 5.43 Å². The van der Waals surface area contributed by atoms with Crippen molar-refractivity contribution in [2.24, 2.45) is 0 Å². The Kier molecular flexibility index (Phi) is 7.46. The van der Waals surface area contributed by atoms with Gasteiger partial charge in [0.2, 0.25) is 0 Å². The third-order valence-electron chi connectivity index (χ3n) is 4.88. The van der Waals surface area contributed by atoms with E-state index in [-0.39, 0.29) is 0 Å². The number of benzene rings is 2. The summed E-state index contributed by atoms with van der Waals surface area (Å²) < 4.78 is 0. The van der Waals surface area contributed by atoms with Crippen LogP contribution in [-0.2, 0) is 29.8 Å². The van der Waals surface area contributed by atoms with Crippen LogP contribution >= 0.6 is 0 Å². The number of allylic oxidation sites excluding steroid dienone is 4. The SMILES string of the molecule is Cc1[c-]c2c(cc1)-c1ccc(C)cc1C2.[C-]1=CC=CC1.[Zr+2]=[Si]1CCCC1. The first-order valence-corrected chi connectivity index (χ1v) is 15.1. The van der Waals surface area contributed by atoms with Gasteiger partial charge in [-0.1, -0.05) is 36.2 Å². The van der Waals surface area contributed by atoms with Crippen molar-refractivity contribution >= 4 is 5.43 Å². The molecule has 1 aliphatic heterocycles. The van der Waals surface area contributed by atoms with Crippen LogP contribution in [0.1, 0.15) is 41.5 Å². The minimum atomic E-state index is 0.333. The second-order valence-corrected chi connectivity index (χ2v) is 14.6. The zero-order valence-corrected chi connectivity index (χ0v) is 19.3. The molecule has 1 heterocycles. The standard InChI is InChI=1S/C15H13.C5H5.C4H8Si.Zr/c1-10-3-5-14-12(7-10)9-13-8-11(2)4-6-15(13)14;2*1-2-4-5-3-1;/h3-7H,9H2,1-2H3;1-3H,4H2;1-4H2;/q2*-1;;+2. The molecule has 0 atom stereocenters. The van der Waals surface area contributed by atoms with Gasteiger partial charge in [-0.25, -0.2) is 12.2 Å². The van der Waals surface area contributed by atoms with E-state index in [0.717, 1.165) is 12.8 Å². The number of fused-ring (bicyclic) bond motifs is 3. The Morgan fingerprint density at radius 2 is 1.77 bits per heavy atom. The zero-order chi connectivity index (χ0) is 18.4. The van der Waals surface area contributed by atoms with Crippen LogP contribution in [0.25, 0.3) is 11.1 Å². The molecule has 0 amide bonds. The van der Waals surface area contributed by atoms with Gasteiger partial charge >= 0.3 is 53.7 Å². The Balaban J connectivity index is 0.000000146. The molecule has 1 fully saturated rings. The van der Waals surface area contributed by atoms with Crippen molar-refractivity contribution in [2.75, 3.05) is 0 Å².